The Kier molecular flexibility index (Phi) is 8.99. The molecule has 29 heavy (non-hydrogen) atoms. The maximum atomic E-state index is 13.2. The van der Waals surface area contributed by atoms with Crippen molar-refractivity contribution in [3.8, 4) is 0 Å². The van der Waals surface area contributed by atoms with Crippen LogP contribution in [-0.2, 0) is 16.1 Å². The second kappa shape index (κ2) is 11.2. The molecule has 4 nitrogen and oxygen atoms in total. The summed E-state index contributed by atoms with van der Waals surface area (Å²) in [6.45, 7) is 5.71. The minimum absolute atomic E-state index is 0.0202. The van der Waals surface area contributed by atoms with E-state index in [0.717, 1.165) is 10.5 Å². The Labute approximate surface area is 180 Å². The molecule has 1 atom stereocenters. The molecule has 156 valence electrons. The van der Waals surface area contributed by atoms with Crippen molar-refractivity contribution in [2.75, 3.05) is 5.75 Å². The SMILES string of the molecule is CC(C)NC(=O)C(C)N(Cc1ccc(F)cc1)C(=O)CCSc1ccc(Cl)cc1. The number of carbonyl (C=O) groups is 2. The Morgan fingerprint density at radius 2 is 1.69 bits per heavy atom. The fourth-order valence-corrected chi connectivity index (χ4v) is 3.67. The molecule has 0 aliphatic carbocycles. The van der Waals surface area contributed by atoms with Gasteiger partial charge in [0.25, 0.3) is 0 Å². The van der Waals surface area contributed by atoms with E-state index in [0.29, 0.717) is 10.8 Å². The number of hydrogen-bond acceptors (Lipinski definition) is 3. The highest BCUT2D eigenvalue weighted by Crippen LogP contribution is 2.22. The van der Waals surface area contributed by atoms with Crippen molar-refractivity contribution in [2.24, 2.45) is 0 Å². The molecular weight excluding hydrogens is 411 g/mol. The van der Waals surface area contributed by atoms with Crippen molar-refractivity contribution in [1.29, 1.82) is 0 Å². The molecule has 2 amide bonds. The molecule has 2 aromatic rings. The van der Waals surface area contributed by atoms with Gasteiger partial charge in [-0.1, -0.05) is 23.7 Å². The summed E-state index contributed by atoms with van der Waals surface area (Å²) in [5.41, 5.74) is 0.773. The minimum Gasteiger partial charge on any atom is -0.352 e. The molecule has 0 aromatic heterocycles. The summed E-state index contributed by atoms with van der Waals surface area (Å²) >= 11 is 7.45. The van der Waals surface area contributed by atoms with Crippen molar-refractivity contribution < 1.29 is 14.0 Å². The first kappa shape index (κ1) is 23.2. The Bertz CT molecular complexity index is 813. The normalized spacial score (nSPS) is 11.9. The number of halogens is 2. The van der Waals surface area contributed by atoms with Gasteiger partial charge in [0.2, 0.25) is 11.8 Å². The summed E-state index contributed by atoms with van der Waals surface area (Å²) in [6, 6.07) is 12.8. The van der Waals surface area contributed by atoms with Crippen LogP contribution in [0.4, 0.5) is 4.39 Å². The molecule has 1 N–H and O–H groups in total. The zero-order chi connectivity index (χ0) is 21.4. The molecule has 2 aromatic carbocycles. The van der Waals surface area contributed by atoms with Crippen LogP contribution < -0.4 is 5.32 Å². The van der Waals surface area contributed by atoms with Crippen LogP contribution in [0.2, 0.25) is 5.02 Å². The molecular formula is C22H26ClFN2O2S. The lowest BCUT2D eigenvalue weighted by molar-refractivity contribution is -0.140. The lowest BCUT2D eigenvalue weighted by atomic mass is 10.1. The van der Waals surface area contributed by atoms with Gasteiger partial charge >= 0.3 is 0 Å². The van der Waals surface area contributed by atoms with Crippen LogP contribution in [0.3, 0.4) is 0 Å². The predicted octanol–water partition coefficient (Wildman–Crippen LogP) is 4.90. The third-order valence-electron chi connectivity index (χ3n) is 4.26. The van der Waals surface area contributed by atoms with Crippen LogP contribution in [0.1, 0.15) is 32.8 Å². The van der Waals surface area contributed by atoms with Crippen molar-refractivity contribution in [2.45, 2.75) is 50.7 Å². The van der Waals surface area contributed by atoms with Gasteiger partial charge in [-0.2, -0.15) is 0 Å². The summed E-state index contributed by atoms with van der Waals surface area (Å²) in [7, 11) is 0. The maximum absolute atomic E-state index is 13.2. The number of hydrogen-bond donors (Lipinski definition) is 1. The molecule has 0 bridgehead atoms. The maximum Gasteiger partial charge on any atom is 0.242 e. The van der Waals surface area contributed by atoms with Crippen LogP contribution in [0, 0.1) is 5.82 Å². The fraction of sp³-hybridized carbons (Fsp3) is 0.364. The standard InChI is InChI=1S/C22H26ClFN2O2S/c1-15(2)25-22(28)16(3)26(14-17-4-8-19(24)9-5-17)21(27)12-13-29-20-10-6-18(23)7-11-20/h4-11,15-16H,12-14H2,1-3H3,(H,25,28). The molecule has 0 saturated heterocycles. The highest BCUT2D eigenvalue weighted by atomic mass is 35.5. The van der Waals surface area contributed by atoms with Gasteiger partial charge in [0.05, 0.1) is 0 Å². The van der Waals surface area contributed by atoms with E-state index in [2.05, 4.69) is 5.32 Å². The Morgan fingerprint density at radius 3 is 2.28 bits per heavy atom. The second-order valence-corrected chi connectivity index (χ2v) is 8.64. The van der Waals surface area contributed by atoms with E-state index >= 15 is 0 Å². The Balaban J connectivity index is 2.05. The predicted molar refractivity (Wildman–Crippen MR) is 116 cm³/mol. The number of thioether (sulfide) groups is 1. The molecule has 0 aliphatic heterocycles. The van der Waals surface area contributed by atoms with Gasteiger partial charge in [0, 0.05) is 34.7 Å². The zero-order valence-corrected chi connectivity index (χ0v) is 18.4. The van der Waals surface area contributed by atoms with E-state index in [1.165, 1.54) is 12.1 Å². The van der Waals surface area contributed by atoms with Gasteiger partial charge in [-0.3, -0.25) is 9.59 Å². The van der Waals surface area contributed by atoms with E-state index in [4.69, 9.17) is 11.6 Å². The summed E-state index contributed by atoms with van der Waals surface area (Å²) in [6.07, 6.45) is 0.286. The summed E-state index contributed by atoms with van der Waals surface area (Å²) in [5, 5.41) is 3.52. The first-order valence-electron chi connectivity index (χ1n) is 9.49. The number of rotatable bonds is 9. The smallest absolute Gasteiger partial charge is 0.242 e. The summed E-state index contributed by atoms with van der Waals surface area (Å²) in [5.74, 6) is -0.0848. The van der Waals surface area contributed by atoms with Gasteiger partial charge in [-0.25, -0.2) is 4.39 Å². The van der Waals surface area contributed by atoms with Crippen LogP contribution in [0.15, 0.2) is 53.4 Å². The largest absolute Gasteiger partial charge is 0.352 e. The van der Waals surface area contributed by atoms with E-state index in [1.807, 2.05) is 38.1 Å². The van der Waals surface area contributed by atoms with Crippen molar-refractivity contribution in [3.05, 3.63) is 64.9 Å². The topological polar surface area (TPSA) is 49.4 Å². The molecule has 0 saturated carbocycles. The monoisotopic (exact) mass is 436 g/mol. The summed E-state index contributed by atoms with van der Waals surface area (Å²) in [4.78, 5) is 28.0. The van der Waals surface area contributed by atoms with Gasteiger partial charge < -0.3 is 10.2 Å². The number of nitrogens with zero attached hydrogens (tertiary/aromatic N) is 1. The Morgan fingerprint density at radius 1 is 1.07 bits per heavy atom. The number of benzene rings is 2. The van der Waals surface area contributed by atoms with E-state index in [9.17, 15) is 14.0 Å². The molecule has 2 rings (SSSR count). The van der Waals surface area contributed by atoms with Crippen LogP contribution in [-0.4, -0.2) is 34.6 Å². The van der Waals surface area contributed by atoms with Crippen molar-refractivity contribution in [1.82, 2.24) is 10.2 Å². The molecule has 0 heterocycles. The van der Waals surface area contributed by atoms with E-state index in [1.54, 1.807) is 35.7 Å². The first-order valence-corrected chi connectivity index (χ1v) is 10.8. The highest BCUT2D eigenvalue weighted by Gasteiger charge is 2.26. The average Bonchev–Trinajstić information content (AvgIpc) is 2.68. The van der Waals surface area contributed by atoms with E-state index < -0.39 is 6.04 Å². The van der Waals surface area contributed by atoms with Gasteiger partial charge in [-0.05, 0) is 62.7 Å². The molecule has 0 radical (unpaired) electrons. The third-order valence-corrected chi connectivity index (χ3v) is 5.53. The van der Waals surface area contributed by atoms with Gasteiger partial charge in [-0.15, -0.1) is 11.8 Å². The third kappa shape index (κ3) is 7.71. The van der Waals surface area contributed by atoms with Crippen LogP contribution in [0.5, 0.6) is 0 Å². The number of nitrogens with one attached hydrogen (secondary N) is 1. The average molecular weight is 437 g/mol. The lowest BCUT2D eigenvalue weighted by Gasteiger charge is -2.29. The van der Waals surface area contributed by atoms with E-state index in [-0.39, 0.29) is 36.6 Å². The fourth-order valence-electron chi connectivity index (χ4n) is 2.70. The highest BCUT2D eigenvalue weighted by molar-refractivity contribution is 7.99. The molecule has 0 spiro atoms. The Hall–Kier alpha value is -2.05. The van der Waals surface area contributed by atoms with Crippen molar-refractivity contribution >= 4 is 35.2 Å². The molecule has 0 fully saturated rings. The number of amides is 2. The zero-order valence-electron chi connectivity index (χ0n) is 16.8. The number of carbonyl (C=O) groups excluding carboxylic acids is 2. The lowest BCUT2D eigenvalue weighted by Crippen LogP contribution is -2.49. The van der Waals surface area contributed by atoms with Crippen LogP contribution >= 0.6 is 23.4 Å². The first-order chi connectivity index (χ1) is 13.8. The quantitative estimate of drug-likeness (QED) is 0.568. The minimum atomic E-state index is -0.629. The van der Waals surface area contributed by atoms with Crippen LogP contribution in [0.25, 0.3) is 0 Å². The van der Waals surface area contributed by atoms with Gasteiger partial charge in [0.15, 0.2) is 0 Å². The molecule has 7 heteroatoms. The molecule has 1 unspecified atom stereocenters. The summed E-state index contributed by atoms with van der Waals surface area (Å²) < 4.78 is 13.2. The molecule has 0 aliphatic rings. The van der Waals surface area contributed by atoms with Gasteiger partial charge in [0.1, 0.15) is 11.9 Å². The second-order valence-electron chi connectivity index (χ2n) is 7.04. The van der Waals surface area contributed by atoms with Crippen molar-refractivity contribution in [3.63, 3.8) is 0 Å².